The molecule has 6 heteroatoms. The summed E-state index contributed by atoms with van der Waals surface area (Å²) in [5, 5.41) is 10.7. The lowest BCUT2D eigenvalue weighted by Gasteiger charge is -2.31. The molecule has 3 heterocycles. The van der Waals surface area contributed by atoms with Gasteiger partial charge in [-0.1, -0.05) is 0 Å². The minimum Gasteiger partial charge on any atom is -0.381 e. The van der Waals surface area contributed by atoms with Crippen molar-refractivity contribution < 1.29 is 4.74 Å². The Kier molecular flexibility index (Phi) is 3.98. The summed E-state index contributed by atoms with van der Waals surface area (Å²) in [4.78, 5) is 6.94. The van der Waals surface area contributed by atoms with Crippen molar-refractivity contribution in [2.24, 2.45) is 5.92 Å². The van der Waals surface area contributed by atoms with E-state index in [9.17, 15) is 0 Å². The van der Waals surface area contributed by atoms with Gasteiger partial charge in [0.1, 0.15) is 5.82 Å². The maximum absolute atomic E-state index is 5.40. The summed E-state index contributed by atoms with van der Waals surface area (Å²) in [5.74, 6) is 3.06. The summed E-state index contributed by atoms with van der Waals surface area (Å²) < 4.78 is 5.40. The molecule has 2 aliphatic heterocycles. The van der Waals surface area contributed by atoms with E-state index in [0.717, 1.165) is 57.0 Å². The first kappa shape index (κ1) is 12.9. The third-order valence-corrected chi connectivity index (χ3v) is 4.20. The molecule has 0 aromatic carbocycles. The van der Waals surface area contributed by atoms with Crippen LogP contribution in [0.1, 0.15) is 31.0 Å². The Morgan fingerprint density at radius 2 is 2.21 bits per heavy atom. The van der Waals surface area contributed by atoms with Crippen molar-refractivity contribution in [3.63, 3.8) is 0 Å². The van der Waals surface area contributed by atoms with Crippen LogP contribution in [0.15, 0.2) is 0 Å². The van der Waals surface area contributed by atoms with Gasteiger partial charge in [-0.25, -0.2) is 0 Å². The normalized spacial score (nSPS) is 25.1. The minimum absolute atomic E-state index is 0.406. The second kappa shape index (κ2) is 5.88. The predicted octanol–water partition coefficient (Wildman–Crippen LogP) is 0.744. The third kappa shape index (κ3) is 2.90. The topological polar surface area (TPSA) is 66.1 Å². The molecule has 1 aromatic heterocycles. The van der Waals surface area contributed by atoms with E-state index in [2.05, 4.69) is 25.4 Å². The first-order valence-electron chi connectivity index (χ1n) is 7.26. The number of hydrogen-bond donors (Lipinski definition) is 2. The van der Waals surface area contributed by atoms with Gasteiger partial charge < -0.3 is 15.0 Å². The first-order chi connectivity index (χ1) is 9.36. The van der Waals surface area contributed by atoms with Crippen LogP contribution in [0.25, 0.3) is 0 Å². The van der Waals surface area contributed by atoms with Crippen molar-refractivity contribution >= 4 is 5.95 Å². The van der Waals surface area contributed by atoms with Crippen molar-refractivity contribution in [3.8, 4) is 0 Å². The highest BCUT2D eigenvalue weighted by Crippen LogP contribution is 2.25. The Morgan fingerprint density at radius 1 is 1.37 bits per heavy atom. The lowest BCUT2D eigenvalue weighted by molar-refractivity contribution is 0.193. The highest BCUT2D eigenvalue weighted by atomic mass is 16.5. The second-order valence-electron chi connectivity index (χ2n) is 5.57. The standard InChI is InChI=1S/C13H23N5O/c1-14-8-10-2-5-18(6-3-10)13-15-12(16-17-13)11-4-7-19-9-11/h10-11,14H,2-9H2,1H3,(H,15,16,17). The Hall–Kier alpha value is -1.14. The summed E-state index contributed by atoms with van der Waals surface area (Å²) in [7, 11) is 2.03. The van der Waals surface area contributed by atoms with Gasteiger partial charge in [0.05, 0.1) is 6.61 Å². The zero-order chi connectivity index (χ0) is 13.1. The van der Waals surface area contributed by atoms with E-state index >= 15 is 0 Å². The number of nitrogens with one attached hydrogen (secondary N) is 2. The average molecular weight is 265 g/mol. The molecule has 0 spiro atoms. The van der Waals surface area contributed by atoms with E-state index < -0.39 is 0 Å². The lowest BCUT2D eigenvalue weighted by Crippen LogP contribution is -2.37. The summed E-state index contributed by atoms with van der Waals surface area (Å²) in [6, 6.07) is 0. The Morgan fingerprint density at radius 3 is 2.89 bits per heavy atom. The van der Waals surface area contributed by atoms with Gasteiger partial charge in [0.25, 0.3) is 0 Å². The van der Waals surface area contributed by atoms with Crippen LogP contribution in [0.2, 0.25) is 0 Å². The predicted molar refractivity (Wildman–Crippen MR) is 73.4 cm³/mol. The fourth-order valence-corrected chi connectivity index (χ4v) is 2.96. The summed E-state index contributed by atoms with van der Waals surface area (Å²) in [5.41, 5.74) is 0. The molecule has 0 aliphatic carbocycles. The van der Waals surface area contributed by atoms with Crippen LogP contribution in [0.5, 0.6) is 0 Å². The molecule has 19 heavy (non-hydrogen) atoms. The molecule has 1 atom stereocenters. The molecule has 0 amide bonds. The van der Waals surface area contributed by atoms with E-state index in [4.69, 9.17) is 4.74 Å². The molecule has 106 valence electrons. The zero-order valence-corrected chi connectivity index (χ0v) is 11.6. The number of hydrogen-bond acceptors (Lipinski definition) is 5. The molecule has 2 aliphatic rings. The largest absolute Gasteiger partial charge is 0.381 e. The Balaban J connectivity index is 1.58. The molecule has 6 nitrogen and oxygen atoms in total. The number of H-pyrrole nitrogens is 1. The fourth-order valence-electron chi connectivity index (χ4n) is 2.96. The van der Waals surface area contributed by atoms with Crippen molar-refractivity contribution in [3.05, 3.63) is 5.82 Å². The first-order valence-corrected chi connectivity index (χ1v) is 7.26. The SMILES string of the molecule is CNCC1CCN(c2n[nH]c(C3CCOC3)n2)CC1. The van der Waals surface area contributed by atoms with Gasteiger partial charge in [0.2, 0.25) is 5.95 Å². The van der Waals surface area contributed by atoms with Gasteiger partial charge in [-0.05, 0) is 38.8 Å². The number of ether oxygens (including phenoxy) is 1. The number of aromatic amines is 1. The van der Waals surface area contributed by atoms with E-state index in [1.807, 2.05) is 7.05 Å². The van der Waals surface area contributed by atoms with E-state index in [1.165, 1.54) is 12.8 Å². The second-order valence-corrected chi connectivity index (χ2v) is 5.57. The number of piperidine rings is 1. The van der Waals surface area contributed by atoms with Crippen LogP contribution in [0.4, 0.5) is 5.95 Å². The molecule has 0 saturated carbocycles. The van der Waals surface area contributed by atoms with Gasteiger partial charge in [0.15, 0.2) is 0 Å². The molecular weight excluding hydrogens is 242 g/mol. The zero-order valence-electron chi connectivity index (χ0n) is 11.6. The Bertz CT molecular complexity index is 393. The quantitative estimate of drug-likeness (QED) is 0.841. The highest BCUT2D eigenvalue weighted by molar-refractivity contribution is 5.30. The highest BCUT2D eigenvalue weighted by Gasteiger charge is 2.25. The van der Waals surface area contributed by atoms with Crippen LogP contribution >= 0.6 is 0 Å². The number of aromatic nitrogens is 3. The van der Waals surface area contributed by atoms with Crippen molar-refractivity contribution in [1.82, 2.24) is 20.5 Å². The van der Waals surface area contributed by atoms with Gasteiger partial charge in [-0.15, -0.1) is 5.10 Å². The summed E-state index contributed by atoms with van der Waals surface area (Å²) in [6.45, 7) is 4.86. The van der Waals surface area contributed by atoms with E-state index in [0.29, 0.717) is 5.92 Å². The summed E-state index contributed by atoms with van der Waals surface area (Å²) >= 11 is 0. The number of rotatable bonds is 4. The van der Waals surface area contributed by atoms with Crippen LogP contribution in [-0.2, 0) is 4.74 Å². The van der Waals surface area contributed by atoms with Crippen molar-refractivity contribution in [2.45, 2.75) is 25.2 Å². The minimum atomic E-state index is 0.406. The van der Waals surface area contributed by atoms with Gasteiger partial charge in [-0.3, -0.25) is 5.10 Å². The van der Waals surface area contributed by atoms with Crippen molar-refractivity contribution in [1.29, 1.82) is 0 Å². The van der Waals surface area contributed by atoms with Crippen molar-refractivity contribution in [2.75, 3.05) is 44.8 Å². The fraction of sp³-hybridized carbons (Fsp3) is 0.846. The monoisotopic (exact) mass is 265 g/mol. The third-order valence-electron chi connectivity index (χ3n) is 4.20. The smallest absolute Gasteiger partial charge is 0.244 e. The van der Waals surface area contributed by atoms with Crippen LogP contribution in [0, 0.1) is 5.92 Å². The van der Waals surface area contributed by atoms with Gasteiger partial charge in [-0.2, -0.15) is 4.98 Å². The molecule has 1 aromatic rings. The number of nitrogens with zero attached hydrogens (tertiary/aromatic N) is 3. The molecule has 2 fully saturated rings. The molecule has 3 rings (SSSR count). The van der Waals surface area contributed by atoms with Crippen LogP contribution < -0.4 is 10.2 Å². The van der Waals surface area contributed by atoms with Gasteiger partial charge >= 0.3 is 0 Å². The average Bonchev–Trinajstić information content (AvgIpc) is 3.11. The van der Waals surface area contributed by atoms with E-state index in [-0.39, 0.29) is 0 Å². The molecule has 2 N–H and O–H groups in total. The Labute approximate surface area is 113 Å². The van der Waals surface area contributed by atoms with Crippen LogP contribution in [-0.4, -0.2) is 55.1 Å². The molecular formula is C13H23N5O. The van der Waals surface area contributed by atoms with Gasteiger partial charge in [0, 0.05) is 25.6 Å². The maximum Gasteiger partial charge on any atom is 0.244 e. The molecule has 0 bridgehead atoms. The van der Waals surface area contributed by atoms with E-state index in [1.54, 1.807) is 0 Å². The lowest BCUT2D eigenvalue weighted by atomic mass is 9.97. The number of anilines is 1. The molecule has 1 unspecified atom stereocenters. The summed E-state index contributed by atoms with van der Waals surface area (Å²) in [6.07, 6.45) is 3.49. The van der Waals surface area contributed by atoms with Crippen LogP contribution in [0.3, 0.4) is 0 Å². The molecule has 0 radical (unpaired) electrons. The molecule has 2 saturated heterocycles. The maximum atomic E-state index is 5.40.